The molecule has 2 aromatic carbocycles. The normalized spacial score (nSPS) is 16.6. The van der Waals surface area contributed by atoms with E-state index in [-0.39, 0.29) is 12.1 Å². The van der Waals surface area contributed by atoms with Gasteiger partial charge in [-0.2, -0.15) is 0 Å². The molecule has 5 nitrogen and oxygen atoms in total. The van der Waals surface area contributed by atoms with E-state index in [0.717, 1.165) is 24.9 Å². The molecule has 1 saturated heterocycles. The van der Waals surface area contributed by atoms with Gasteiger partial charge >= 0.3 is 6.03 Å². The van der Waals surface area contributed by atoms with Crippen molar-refractivity contribution in [1.29, 1.82) is 0 Å². The lowest BCUT2D eigenvalue weighted by Gasteiger charge is -2.33. The molecule has 1 unspecified atom stereocenters. The number of nitrogens with one attached hydrogen (secondary N) is 2. The number of carbonyl (C=O) groups is 1. The van der Waals surface area contributed by atoms with E-state index >= 15 is 0 Å². The van der Waals surface area contributed by atoms with Crippen molar-refractivity contribution in [2.45, 2.75) is 25.5 Å². The summed E-state index contributed by atoms with van der Waals surface area (Å²) >= 11 is 12.0. The Bertz CT molecular complexity index is 789. The van der Waals surface area contributed by atoms with E-state index in [1.165, 1.54) is 5.56 Å². The van der Waals surface area contributed by atoms with Crippen molar-refractivity contribution in [2.75, 3.05) is 32.8 Å². The van der Waals surface area contributed by atoms with Crippen LogP contribution in [-0.2, 0) is 17.7 Å². The van der Waals surface area contributed by atoms with Gasteiger partial charge in [-0.3, -0.25) is 0 Å². The fourth-order valence-electron chi connectivity index (χ4n) is 3.29. The minimum Gasteiger partial charge on any atom is -0.374 e. The Morgan fingerprint density at radius 1 is 1.07 bits per heavy atom. The molecule has 1 aliphatic heterocycles. The standard InChI is InChI=1S/C22H27Cl2N3O2/c23-20-7-6-18(14-21(20)24)15-25-10-9-19-16-27(12-13-29-19)22(28)26-11-8-17-4-2-1-3-5-17/h1-7,14,19,25H,8-13,15-16H2,(H,26,28). The summed E-state index contributed by atoms with van der Waals surface area (Å²) in [5.41, 5.74) is 2.31. The summed E-state index contributed by atoms with van der Waals surface area (Å²) in [7, 11) is 0. The van der Waals surface area contributed by atoms with E-state index in [2.05, 4.69) is 22.8 Å². The lowest BCUT2D eigenvalue weighted by Crippen LogP contribution is -2.50. The van der Waals surface area contributed by atoms with Gasteiger partial charge < -0.3 is 20.3 Å². The number of carbonyl (C=O) groups excluding carboxylic acids is 1. The first kappa shape index (κ1) is 21.9. The first-order valence-corrected chi connectivity index (χ1v) is 10.7. The third-order valence-corrected chi connectivity index (χ3v) is 5.65. The van der Waals surface area contributed by atoms with Crippen LogP contribution in [0, 0.1) is 0 Å². The zero-order chi connectivity index (χ0) is 20.5. The fourth-order valence-corrected chi connectivity index (χ4v) is 3.61. The molecule has 1 atom stereocenters. The molecule has 0 aliphatic carbocycles. The summed E-state index contributed by atoms with van der Waals surface area (Å²) < 4.78 is 5.82. The molecular weight excluding hydrogens is 409 g/mol. The van der Waals surface area contributed by atoms with E-state index in [1.807, 2.05) is 35.2 Å². The molecule has 0 saturated carbocycles. The minimum atomic E-state index is -0.0157. The number of rotatable bonds is 8. The second-order valence-electron chi connectivity index (χ2n) is 7.12. The zero-order valence-electron chi connectivity index (χ0n) is 16.4. The van der Waals surface area contributed by atoms with E-state index in [4.69, 9.17) is 27.9 Å². The lowest BCUT2D eigenvalue weighted by molar-refractivity contribution is -0.0175. The number of amides is 2. The van der Waals surface area contributed by atoms with Crippen molar-refractivity contribution in [3.8, 4) is 0 Å². The minimum absolute atomic E-state index is 0.0157. The molecule has 2 amide bonds. The van der Waals surface area contributed by atoms with Crippen LogP contribution in [0.4, 0.5) is 4.79 Å². The molecule has 0 aromatic heterocycles. The summed E-state index contributed by atoms with van der Waals surface area (Å²) in [6, 6.07) is 15.8. The molecule has 0 radical (unpaired) electrons. The number of hydrogen-bond donors (Lipinski definition) is 2. The van der Waals surface area contributed by atoms with Gasteiger partial charge in [0.05, 0.1) is 22.8 Å². The molecule has 2 aromatic rings. The third kappa shape index (κ3) is 7.19. The van der Waals surface area contributed by atoms with Gasteiger partial charge in [0, 0.05) is 26.2 Å². The van der Waals surface area contributed by atoms with Gasteiger partial charge in [0.1, 0.15) is 0 Å². The first-order valence-electron chi connectivity index (χ1n) is 9.95. The molecule has 3 rings (SSSR count). The highest BCUT2D eigenvalue weighted by molar-refractivity contribution is 6.42. The van der Waals surface area contributed by atoms with Crippen molar-refractivity contribution in [2.24, 2.45) is 0 Å². The summed E-state index contributed by atoms with van der Waals surface area (Å²) in [5.74, 6) is 0. The van der Waals surface area contributed by atoms with Crippen LogP contribution >= 0.6 is 23.2 Å². The molecule has 1 heterocycles. The quantitative estimate of drug-likeness (QED) is 0.612. The predicted molar refractivity (Wildman–Crippen MR) is 118 cm³/mol. The maximum absolute atomic E-state index is 12.4. The predicted octanol–water partition coefficient (Wildman–Crippen LogP) is 4.13. The molecule has 0 bridgehead atoms. The second kappa shape index (κ2) is 11.4. The number of urea groups is 1. The summed E-state index contributed by atoms with van der Waals surface area (Å²) in [6.45, 7) is 3.97. The molecule has 0 spiro atoms. The van der Waals surface area contributed by atoms with Crippen LogP contribution in [-0.4, -0.2) is 49.8 Å². The highest BCUT2D eigenvalue weighted by atomic mass is 35.5. The Morgan fingerprint density at radius 2 is 1.90 bits per heavy atom. The Morgan fingerprint density at radius 3 is 2.69 bits per heavy atom. The largest absolute Gasteiger partial charge is 0.374 e. The van der Waals surface area contributed by atoms with E-state index in [1.54, 1.807) is 6.07 Å². The lowest BCUT2D eigenvalue weighted by atomic mass is 10.1. The monoisotopic (exact) mass is 435 g/mol. The highest BCUT2D eigenvalue weighted by Crippen LogP contribution is 2.22. The molecule has 1 aliphatic rings. The molecule has 2 N–H and O–H groups in total. The Labute approximate surface area is 182 Å². The molecular formula is C22H27Cl2N3O2. The van der Waals surface area contributed by atoms with Crippen LogP contribution in [0.5, 0.6) is 0 Å². The number of ether oxygens (including phenoxy) is 1. The van der Waals surface area contributed by atoms with Crippen molar-refractivity contribution in [1.82, 2.24) is 15.5 Å². The number of hydrogen-bond acceptors (Lipinski definition) is 3. The fraction of sp³-hybridized carbons (Fsp3) is 0.409. The van der Waals surface area contributed by atoms with Gasteiger partial charge in [0.2, 0.25) is 0 Å². The number of morpholine rings is 1. The van der Waals surface area contributed by atoms with Crippen LogP contribution in [0.3, 0.4) is 0 Å². The molecule has 7 heteroatoms. The zero-order valence-corrected chi connectivity index (χ0v) is 17.9. The van der Waals surface area contributed by atoms with Crippen molar-refractivity contribution in [3.05, 3.63) is 69.7 Å². The Hall–Kier alpha value is -1.79. The average Bonchev–Trinajstić information content (AvgIpc) is 2.74. The maximum Gasteiger partial charge on any atom is 0.317 e. The van der Waals surface area contributed by atoms with Crippen LogP contribution in [0.25, 0.3) is 0 Å². The van der Waals surface area contributed by atoms with Gasteiger partial charge in [-0.15, -0.1) is 0 Å². The summed E-state index contributed by atoms with van der Waals surface area (Å²) in [6.07, 6.45) is 1.72. The second-order valence-corrected chi connectivity index (χ2v) is 7.93. The molecule has 156 valence electrons. The van der Waals surface area contributed by atoms with Gasteiger partial charge in [0.25, 0.3) is 0 Å². The SMILES string of the molecule is O=C(NCCc1ccccc1)N1CCOC(CCNCc2ccc(Cl)c(Cl)c2)C1. The van der Waals surface area contributed by atoms with E-state index in [0.29, 0.717) is 42.8 Å². The summed E-state index contributed by atoms with van der Waals surface area (Å²) in [4.78, 5) is 14.3. The smallest absolute Gasteiger partial charge is 0.317 e. The van der Waals surface area contributed by atoms with Gasteiger partial charge in [-0.1, -0.05) is 59.6 Å². The van der Waals surface area contributed by atoms with Gasteiger partial charge in [-0.25, -0.2) is 4.79 Å². The van der Waals surface area contributed by atoms with Gasteiger partial charge in [-0.05, 0) is 42.6 Å². The molecule has 29 heavy (non-hydrogen) atoms. The average molecular weight is 436 g/mol. The van der Waals surface area contributed by atoms with E-state index in [9.17, 15) is 4.79 Å². The first-order chi connectivity index (χ1) is 14.1. The Balaban J connectivity index is 1.34. The highest BCUT2D eigenvalue weighted by Gasteiger charge is 2.23. The summed E-state index contributed by atoms with van der Waals surface area (Å²) in [5, 5.41) is 7.53. The third-order valence-electron chi connectivity index (χ3n) is 4.91. The van der Waals surface area contributed by atoms with Crippen LogP contribution < -0.4 is 10.6 Å². The number of halogens is 2. The number of benzene rings is 2. The maximum atomic E-state index is 12.4. The van der Waals surface area contributed by atoms with E-state index < -0.39 is 0 Å². The molecule has 1 fully saturated rings. The van der Waals surface area contributed by atoms with Crippen LogP contribution in [0.2, 0.25) is 10.0 Å². The Kier molecular flexibility index (Phi) is 8.62. The topological polar surface area (TPSA) is 53.6 Å². The number of nitrogens with zero attached hydrogens (tertiary/aromatic N) is 1. The van der Waals surface area contributed by atoms with Crippen molar-refractivity contribution in [3.63, 3.8) is 0 Å². The van der Waals surface area contributed by atoms with Crippen LogP contribution in [0.1, 0.15) is 17.5 Å². The van der Waals surface area contributed by atoms with Gasteiger partial charge in [0.15, 0.2) is 0 Å². The van der Waals surface area contributed by atoms with Crippen molar-refractivity contribution >= 4 is 29.2 Å². The van der Waals surface area contributed by atoms with Crippen molar-refractivity contribution < 1.29 is 9.53 Å². The van der Waals surface area contributed by atoms with Crippen LogP contribution in [0.15, 0.2) is 48.5 Å².